The molecule has 2 rings (SSSR count). The van der Waals surface area contributed by atoms with Crippen LogP contribution < -0.4 is 5.32 Å². The highest BCUT2D eigenvalue weighted by atomic mass is 32.1. The van der Waals surface area contributed by atoms with E-state index in [1.807, 2.05) is 0 Å². The lowest BCUT2D eigenvalue weighted by atomic mass is 10.1. The van der Waals surface area contributed by atoms with Gasteiger partial charge in [-0.25, -0.2) is 4.79 Å². The number of aromatic carboxylic acids is 1. The van der Waals surface area contributed by atoms with Gasteiger partial charge in [0, 0.05) is 17.8 Å². The van der Waals surface area contributed by atoms with Crippen LogP contribution >= 0.6 is 11.3 Å². The van der Waals surface area contributed by atoms with Crippen LogP contribution in [-0.4, -0.2) is 35.0 Å². The minimum atomic E-state index is -4.70. The first-order valence-corrected chi connectivity index (χ1v) is 6.81. The minimum absolute atomic E-state index is 0.0568. The molecule has 3 N–H and O–H groups in total. The molecule has 0 saturated carbocycles. The summed E-state index contributed by atoms with van der Waals surface area (Å²) in [4.78, 5) is 11.3. The van der Waals surface area contributed by atoms with Gasteiger partial charge in [0.2, 0.25) is 0 Å². The molecule has 1 aromatic heterocycles. The highest BCUT2D eigenvalue weighted by Gasteiger charge is 2.37. The Morgan fingerprint density at radius 1 is 1.33 bits per heavy atom. The number of nitrogens with one attached hydrogen (secondary N) is 1. The second kappa shape index (κ2) is 6.00. The molecule has 0 aliphatic heterocycles. The number of alkyl halides is 3. The molecule has 1 unspecified atom stereocenters. The van der Waals surface area contributed by atoms with Crippen molar-refractivity contribution in [2.45, 2.75) is 18.8 Å². The normalized spacial score (nSPS) is 13.5. The van der Waals surface area contributed by atoms with Crippen LogP contribution in [0.4, 0.5) is 13.2 Å². The number of rotatable bonds is 5. The third kappa shape index (κ3) is 3.52. The van der Waals surface area contributed by atoms with E-state index in [0.717, 1.165) is 16.0 Å². The summed E-state index contributed by atoms with van der Waals surface area (Å²) in [5.41, 5.74) is 0.428. The number of halogens is 3. The Morgan fingerprint density at radius 3 is 2.62 bits per heavy atom. The van der Waals surface area contributed by atoms with E-state index in [0.29, 0.717) is 10.9 Å². The average Bonchev–Trinajstić information content (AvgIpc) is 2.77. The standard InChI is InChI=1S/C13H12F3NO3S/c14-13(15,16)10(18)6-17-5-8-7-3-1-2-4-9(7)21-11(8)12(19)20/h1-4,10,17-18H,5-6H2,(H,19,20). The van der Waals surface area contributed by atoms with Crippen LogP contribution in [0.2, 0.25) is 0 Å². The van der Waals surface area contributed by atoms with Crippen molar-refractivity contribution in [3.05, 3.63) is 34.7 Å². The number of hydrogen-bond donors (Lipinski definition) is 3. The number of fused-ring (bicyclic) bond motifs is 1. The third-order valence-corrected chi connectivity index (χ3v) is 4.11. The maximum Gasteiger partial charge on any atom is 0.415 e. The van der Waals surface area contributed by atoms with Gasteiger partial charge in [-0.3, -0.25) is 0 Å². The molecular weight excluding hydrogens is 307 g/mol. The fourth-order valence-corrected chi connectivity index (χ4v) is 2.96. The van der Waals surface area contributed by atoms with Crippen LogP contribution in [0.3, 0.4) is 0 Å². The maximum atomic E-state index is 12.2. The van der Waals surface area contributed by atoms with Crippen molar-refractivity contribution in [1.29, 1.82) is 0 Å². The van der Waals surface area contributed by atoms with E-state index in [4.69, 9.17) is 10.2 Å². The van der Waals surface area contributed by atoms with Crippen molar-refractivity contribution >= 4 is 27.4 Å². The summed E-state index contributed by atoms with van der Waals surface area (Å²) in [6.07, 6.45) is -7.17. The Morgan fingerprint density at radius 2 is 2.00 bits per heavy atom. The molecule has 0 aliphatic rings. The molecule has 0 amide bonds. The van der Waals surface area contributed by atoms with E-state index in [2.05, 4.69) is 5.32 Å². The predicted octanol–water partition coefficient (Wildman–Crippen LogP) is 2.61. The molecule has 0 bridgehead atoms. The van der Waals surface area contributed by atoms with Gasteiger partial charge in [-0.05, 0) is 17.0 Å². The Labute approximate surface area is 121 Å². The summed E-state index contributed by atoms with van der Waals surface area (Å²) in [5.74, 6) is -1.12. The lowest BCUT2D eigenvalue weighted by molar-refractivity contribution is -0.201. The smallest absolute Gasteiger partial charge is 0.415 e. The monoisotopic (exact) mass is 319 g/mol. The zero-order valence-electron chi connectivity index (χ0n) is 10.6. The van der Waals surface area contributed by atoms with E-state index in [1.165, 1.54) is 0 Å². The molecule has 0 saturated heterocycles. The Kier molecular flexibility index (Phi) is 4.50. The summed E-state index contributed by atoms with van der Waals surface area (Å²) >= 11 is 1.07. The van der Waals surface area contributed by atoms with Gasteiger partial charge in [0.1, 0.15) is 4.88 Å². The Balaban J connectivity index is 2.18. The number of carboxylic acids is 1. The van der Waals surface area contributed by atoms with Crippen molar-refractivity contribution in [3.63, 3.8) is 0 Å². The largest absolute Gasteiger partial charge is 0.477 e. The Bertz CT molecular complexity index is 654. The van der Waals surface area contributed by atoms with Gasteiger partial charge in [-0.15, -0.1) is 11.3 Å². The molecule has 21 heavy (non-hydrogen) atoms. The van der Waals surface area contributed by atoms with E-state index in [-0.39, 0.29) is 11.4 Å². The number of aliphatic hydroxyl groups excluding tert-OH is 1. The number of hydrogen-bond acceptors (Lipinski definition) is 4. The van der Waals surface area contributed by atoms with Crippen molar-refractivity contribution in [2.75, 3.05) is 6.54 Å². The van der Waals surface area contributed by atoms with Gasteiger partial charge in [0.15, 0.2) is 6.10 Å². The third-order valence-electron chi connectivity index (χ3n) is 2.91. The minimum Gasteiger partial charge on any atom is -0.477 e. The van der Waals surface area contributed by atoms with Crippen molar-refractivity contribution in [1.82, 2.24) is 5.32 Å². The van der Waals surface area contributed by atoms with Crippen molar-refractivity contribution in [3.8, 4) is 0 Å². The van der Waals surface area contributed by atoms with Crippen LogP contribution in [-0.2, 0) is 6.54 Å². The molecule has 0 aliphatic carbocycles. The lowest BCUT2D eigenvalue weighted by Crippen LogP contribution is -2.38. The molecule has 0 radical (unpaired) electrons. The van der Waals surface area contributed by atoms with Crippen molar-refractivity contribution in [2.24, 2.45) is 0 Å². The van der Waals surface area contributed by atoms with Gasteiger partial charge >= 0.3 is 12.1 Å². The quantitative estimate of drug-likeness (QED) is 0.792. The zero-order valence-corrected chi connectivity index (χ0v) is 11.5. The molecular formula is C13H12F3NO3S. The zero-order chi connectivity index (χ0) is 15.6. The number of benzene rings is 1. The van der Waals surface area contributed by atoms with E-state index < -0.39 is 24.8 Å². The summed E-state index contributed by atoms with van der Waals surface area (Å²) in [6, 6.07) is 6.96. The number of carboxylic acid groups (broad SMARTS) is 1. The van der Waals surface area contributed by atoms with Gasteiger partial charge in [-0.2, -0.15) is 13.2 Å². The highest BCUT2D eigenvalue weighted by molar-refractivity contribution is 7.21. The number of aliphatic hydroxyl groups is 1. The van der Waals surface area contributed by atoms with Crippen LogP contribution in [0.5, 0.6) is 0 Å². The molecule has 8 heteroatoms. The average molecular weight is 319 g/mol. The van der Waals surface area contributed by atoms with Crippen LogP contribution in [0.1, 0.15) is 15.2 Å². The molecule has 2 aromatic rings. The van der Waals surface area contributed by atoms with Gasteiger partial charge in [0.25, 0.3) is 0 Å². The van der Waals surface area contributed by atoms with Crippen molar-refractivity contribution < 1.29 is 28.2 Å². The Hall–Kier alpha value is -1.64. The summed E-state index contributed by atoms with van der Waals surface area (Å²) in [6.45, 7) is -0.745. The second-order valence-electron chi connectivity index (χ2n) is 4.40. The van der Waals surface area contributed by atoms with Gasteiger partial charge < -0.3 is 15.5 Å². The predicted molar refractivity (Wildman–Crippen MR) is 72.6 cm³/mol. The topological polar surface area (TPSA) is 69.6 Å². The fourth-order valence-electron chi connectivity index (χ4n) is 1.90. The number of carbonyl (C=O) groups is 1. The first-order chi connectivity index (χ1) is 9.80. The summed E-state index contributed by atoms with van der Waals surface area (Å²) in [7, 11) is 0. The first-order valence-electron chi connectivity index (χ1n) is 6.00. The molecule has 4 nitrogen and oxygen atoms in total. The van der Waals surface area contributed by atoms with E-state index in [1.54, 1.807) is 24.3 Å². The molecule has 1 heterocycles. The molecule has 0 spiro atoms. The van der Waals surface area contributed by atoms with Gasteiger partial charge in [-0.1, -0.05) is 18.2 Å². The fraction of sp³-hybridized carbons (Fsp3) is 0.308. The van der Waals surface area contributed by atoms with Crippen LogP contribution in [0.15, 0.2) is 24.3 Å². The molecule has 114 valence electrons. The van der Waals surface area contributed by atoms with Gasteiger partial charge in [0.05, 0.1) is 0 Å². The SMILES string of the molecule is O=C(O)c1sc2ccccc2c1CNCC(O)C(F)(F)F. The molecule has 1 aromatic carbocycles. The maximum absolute atomic E-state index is 12.2. The van der Waals surface area contributed by atoms with E-state index in [9.17, 15) is 18.0 Å². The molecule has 1 atom stereocenters. The van der Waals surface area contributed by atoms with Crippen LogP contribution in [0.25, 0.3) is 10.1 Å². The summed E-state index contributed by atoms with van der Waals surface area (Å²) < 4.78 is 37.3. The van der Waals surface area contributed by atoms with Crippen LogP contribution in [0, 0.1) is 0 Å². The second-order valence-corrected chi connectivity index (χ2v) is 5.45. The highest BCUT2D eigenvalue weighted by Crippen LogP contribution is 2.31. The first kappa shape index (κ1) is 15.7. The summed E-state index contributed by atoms with van der Waals surface area (Å²) in [5, 5.41) is 21.2. The lowest BCUT2D eigenvalue weighted by Gasteiger charge is -2.15. The number of thiophene rings is 1. The van der Waals surface area contributed by atoms with E-state index >= 15 is 0 Å². The molecule has 0 fully saturated rings.